The smallest absolute Gasteiger partial charge is 0.241 e. The van der Waals surface area contributed by atoms with E-state index < -0.39 is 10.0 Å². The van der Waals surface area contributed by atoms with Gasteiger partial charge in [-0.3, -0.25) is 0 Å². The lowest BCUT2D eigenvalue weighted by molar-refractivity contribution is 0.414. The van der Waals surface area contributed by atoms with Crippen LogP contribution in [0.2, 0.25) is 0 Å². The fourth-order valence-electron chi connectivity index (χ4n) is 2.95. The van der Waals surface area contributed by atoms with Gasteiger partial charge in [0.25, 0.3) is 0 Å². The molecule has 24 heavy (non-hydrogen) atoms. The van der Waals surface area contributed by atoms with Crippen molar-refractivity contribution in [2.45, 2.75) is 17.2 Å². The third-order valence-electron chi connectivity index (χ3n) is 4.40. The van der Waals surface area contributed by atoms with Crippen molar-refractivity contribution in [3.63, 3.8) is 0 Å². The molecule has 0 bridgehead atoms. The summed E-state index contributed by atoms with van der Waals surface area (Å²) in [6, 6.07) is 11.5. The summed E-state index contributed by atoms with van der Waals surface area (Å²) in [6.45, 7) is 1.78. The Morgan fingerprint density at radius 2 is 1.96 bits per heavy atom. The first-order chi connectivity index (χ1) is 11.5. The van der Waals surface area contributed by atoms with Gasteiger partial charge < -0.3 is 9.64 Å². The Morgan fingerprint density at radius 1 is 1.21 bits per heavy atom. The van der Waals surface area contributed by atoms with Gasteiger partial charge in [-0.1, -0.05) is 12.1 Å². The first kappa shape index (κ1) is 16.7. The molecule has 0 saturated carbocycles. The van der Waals surface area contributed by atoms with Crippen molar-refractivity contribution in [2.75, 3.05) is 32.1 Å². The number of hydrogen-bond acceptors (Lipinski definition) is 5. The van der Waals surface area contributed by atoms with Crippen molar-refractivity contribution < 1.29 is 13.2 Å². The molecule has 7 heteroatoms. The van der Waals surface area contributed by atoms with Crippen molar-refractivity contribution in [1.82, 2.24) is 9.71 Å². The molecule has 0 unspecified atom stereocenters. The van der Waals surface area contributed by atoms with Crippen LogP contribution in [0.3, 0.4) is 0 Å². The second kappa shape index (κ2) is 6.78. The summed E-state index contributed by atoms with van der Waals surface area (Å²) in [6.07, 6.45) is 2.45. The Bertz CT molecular complexity index is 789. The van der Waals surface area contributed by atoms with Gasteiger partial charge in [-0.25, -0.2) is 18.1 Å². The lowest BCUT2D eigenvalue weighted by atomic mass is 9.98. The van der Waals surface area contributed by atoms with Crippen LogP contribution >= 0.6 is 0 Å². The number of sulfonamides is 1. The van der Waals surface area contributed by atoms with Gasteiger partial charge in [0.15, 0.2) is 0 Å². The van der Waals surface area contributed by atoms with Crippen molar-refractivity contribution in [3.05, 3.63) is 48.2 Å². The number of rotatable bonds is 5. The molecular formula is C17H21N3O3S. The average Bonchev–Trinajstić information content (AvgIpc) is 3.12. The summed E-state index contributed by atoms with van der Waals surface area (Å²) in [4.78, 5) is 6.68. The van der Waals surface area contributed by atoms with E-state index in [4.69, 9.17) is 4.74 Å². The number of benzene rings is 1. The van der Waals surface area contributed by atoms with Crippen LogP contribution in [0.5, 0.6) is 5.75 Å². The number of pyridine rings is 1. The fraction of sp³-hybridized carbons (Fsp3) is 0.353. The van der Waals surface area contributed by atoms with Gasteiger partial charge in [0.1, 0.15) is 16.5 Å². The van der Waals surface area contributed by atoms with E-state index >= 15 is 0 Å². The number of nitrogens with zero attached hydrogens (tertiary/aromatic N) is 2. The zero-order valence-electron chi connectivity index (χ0n) is 13.8. The summed E-state index contributed by atoms with van der Waals surface area (Å²) in [5.41, 5.74) is 1.28. The molecule has 128 valence electrons. The summed E-state index contributed by atoms with van der Waals surface area (Å²) >= 11 is 0. The van der Waals surface area contributed by atoms with E-state index in [1.165, 1.54) is 18.8 Å². The Balaban J connectivity index is 1.71. The number of ether oxygens (including phenoxy) is 1. The van der Waals surface area contributed by atoms with Crippen LogP contribution in [0.25, 0.3) is 0 Å². The Kier molecular flexibility index (Phi) is 4.73. The number of hydrogen-bond donors (Lipinski definition) is 1. The van der Waals surface area contributed by atoms with Gasteiger partial charge >= 0.3 is 0 Å². The molecule has 2 heterocycles. The SMILES string of the molecule is CNS(=O)(=O)c1ccc(N2CC[C@H](c3ccc(OC)cc3)C2)nc1. The molecule has 3 rings (SSSR count). The largest absolute Gasteiger partial charge is 0.497 e. The zero-order chi connectivity index (χ0) is 17.2. The molecule has 0 radical (unpaired) electrons. The van der Waals surface area contributed by atoms with Crippen LogP contribution in [0.1, 0.15) is 17.9 Å². The Hall–Kier alpha value is -2.12. The highest BCUT2D eigenvalue weighted by Crippen LogP contribution is 2.31. The Morgan fingerprint density at radius 3 is 2.54 bits per heavy atom. The maximum atomic E-state index is 11.7. The number of anilines is 1. The van der Waals surface area contributed by atoms with Crippen molar-refractivity contribution in [2.24, 2.45) is 0 Å². The van der Waals surface area contributed by atoms with E-state index in [1.807, 2.05) is 12.1 Å². The normalized spacial score (nSPS) is 17.9. The molecule has 1 atom stereocenters. The van der Waals surface area contributed by atoms with E-state index in [2.05, 4.69) is 26.7 Å². The van der Waals surface area contributed by atoms with E-state index in [9.17, 15) is 8.42 Å². The molecule has 1 N–H and O–H groups in total. The molecule has 1 saturated heterocycles. The monoisotopic (exact) mass is 347 g/mol. The van der Waals surface area contributed by atoms with E-state index in [0.29, 0.717) is 5.92 Å². The van der Waals surface area contributed by atoms with Gasteiger partial charge in [0.2, 0.25) is 10.0 Å². The van der Waals surface area contributed by atoms with Crippen molar-refractivity contribution in [3.8, 4) is 5.75 Å². The van der Waals surface area contributed by atoms with E-state index in [-0.39, 0.29) is 4.90 Å². The topological polar surface area (TPSA) is 71.5 Å². The predicted octanol–water partition coefficient (Wildman–Crippen LogP) is 1.99. The molecule has 1 aliphatic rings. The van der Waals surface area contributed by atoms with Crippen LogP contribution in [0.4, 0.5) is 5.82 Å². The molecule has 1 aromatic carbocycles. The molecule has 2 aromatic rings. The molecule has 1 fully saturated rings. The molecule has 0 amide bonds. The lowest BCUT2D eigenvalue weighted by Gasteiger charge is -2.18. The van der Waals surface area contributed by atoms with E-state index in [0.717, 1.165) is 31.1 Å². The standard InChI is InChI=1S/C17H21N3O3S/c1-18-24(21,22)16-7-8-17(19-11-16)20-10-9-14(12-20)13-3-5-15(23-2)6-4-13/h3-8,11,14,18H,9-10,12H2,1-2H3/t14-/m0/s1. The number of nitrogens with one attached hydrogen (secondary N) is 1. The predicted molar refractivity (Wildman–Crippen MR) is 93.0 cm³/mol. The van der Waals surface area contributed by atoms with Crippen molar-refractivity contribution >= 4 is 15.8 Å². The summed E-state index contributed by atoms with van der Waals surface area (Å²) in [5.74, 6) is 2.11. The third kappa shape index (κ3) is 3.37. The minimum Gasteiger partial charge on any atom is -0.497 e. The second-order valence-corrected chi connectivity index (χ2v) is 7.65. The minimum atomic E-state index is -3.44. The van der Waals surface area contributed by atoms with Crippen molar-refractivity contribution in [1.29, 1.82) is 0 Å². The summed E-state index contributed by atoms with van der Waals surface area (Å²) < 4.78 is 31.0. The van der Waals surface area contributed by atoms with Crippen LogP contribution < -0.4 is 14.4 Å². The Labute approximate surface area is 142 Å². The maximum absolute atomic E-state index is 11.7. The average molecular weight is 347 g/mol. The number of methoxy groups -OCH3 is 1. The third-order valence-corrected chi connectivity index (χ3v) is 5.80. The van der Waals surface area contributed by atoms with Gasteiger partial charge in [-0.2, -0.15) is 0 Å². The van der Waals surface area contributed by atoms with Crippen LogP contribution in [-0.4, -0.2) is 40.6 Å². The first-order valence-electron chi connectivity index (χ1n) is 7.82. The van der Waals surface area contributed by atoms with Gasteiger partial charge in [0.05, 0.1) is 7.11 Å². The minimum absolute atomic E-state index is 0.180. The lowest BCUT2D eigenvalue weighted by Crippen LogP contribution is -2.22. The highest BCUT2D eigenvalue weighted by Gasteiger charge is 2.25. The fourth-order valence-corrected chi connectivity index (χ4v) is 3.63. The second-order valence-electron chi connectivity index (χ2n) is 5.76. The van der Waals surface area contributed by atoms with E-state index in [1.54, 1.807) is 19.2 Å². The molecule has 0 spiro atoms. The summed E-state index contributed by atoms with van der Waals surface area (Å²) in [7, 11) is -0.387. The molecule has 6 nitrogen and oxygen atoms in total. The first-order valence-corrected chi connectivity index (χ1v) is 9.30. The quantitative estimate of drug-likeness (QED) is 0.896. The van der Waals surface area contributed by atoms with Crippen LogP contribution in [0.15, 0.2) is 47.5 Å². The number of aromatic nitrogens is 1. The van der Waals surface area contributed by atoms with Crippen LogP contribution in [0, 0.1) is 0 Å². The summed E-state index contributed by atoms with van der Waals surface area (Å²) in [5, 5.41) is 0. The van der Waals surface area contributed by atoms with Gasteiger partial charge in [-0.15, -0.1) is 0 Å². The molecule has 0 aliphatic carbocycles. The highest BCUT2D eigenvalue weighted by atomic mass is 32.2. The van der Waals surface area contributed by atoms with Gasteiger partial charge in [-0.05, 0) is 43.3 Å². The maximum Gasteiger partial charge on any atom is 0.241 e. The molecular weight excluding hydrogens is 326 g/mol. The molecule has 1 aromatic heterocycles. The van der Waals surface area contributed by atoms with Crippen LogP contribution in [-0.2, 0) is 10.0 Å². The molecule has 1 aliphatic heterocycles. The van der Waals surface area contributed by atoms with Gasteiger partial charge in [0, 0.05) is 25.2 Å². The highest BCUT2D eigenvalue weighted by molar-refractivity contribution is 7.89. The zero-order valence-corrected chi connectivity index (χ0v) is 14.6.